The second-order valence-corrected chi connectivity index (χ2v) is 4.40. The highest BCUT2D eigenvalue weighted by atomic mass is 16.1. The number of allylic oxidation sites excluding steroid dienone is 2. The van der Waals surface area contributed by atoms with Gasteiger partial charge >= 0.3 is 0 Å². The molecular weight excluding hydrogens is 196 g/mol. The molecule has 1 nitrogen and oxygen atoms in total. The van der Waals surface area contributed by atoms with E-state index in [4.69, 9.17) is 0 Å². The Morgan fingerprint density at radius 3 is 2.62 bits per heavy atom. The van der Waals surface area contributed by atoms with Crippen LogP contribution in [0.1, 0.15) is 48.9 Å². The van der Waals surface area contributed by atoms with Gasteiger partial charge in [0.05, 0.1) is 0 Å². The molecule has 1 aliphatic carbocycles. The number of benzene rings is 1. The SMILES string of the molecule is O=C(CCC1=CCCCC1)c1ccccc1. The fourth-order valence-corrected chi connectivity index (χ4v) is 2.17. The summed E-state index contributed by atoms with van der Waals surface area (Å²) >= 11 is 0. The van der Waals surface area contributed by atoms with Crippen molar-refractivity contribution in [2.75, 3.05) is 0 Å². The van der Waals surface area contributed by atoms with Crippen molar-refractivity contribution in [1.29, 1.82) is 0 Å². The highest BCUT2D eigenvalue weighted by molar-refractivity contribution is 5.96. The monoisotopic (exact) mass is 214 g/mol. The number of hydrogen-bond acceptors (Lipinski definition) is 1. The van der Waals surface area contributed by atoms with E-state index in [0.29, 0.717) is 6.42 Å². The predicted octanol–water partition coefficient (Wildman–Crippen LogP) is 4.15. The maximum absolute atomic E-state index is 11.9. The summed E-state index contributed by atoms with van der Waals surface area (Å²) in [7, 11) is 0. The standard InChI is InChI=1S/C15H18O/c16-15(14-9-5-2-6-10-14)12-11-13-7-3-1-4-8-13/h2,5-7,9-10H,1,3-4,8,11-12H2. The van der Waals surface area contributed by atoms with Crippen molar-refractivity contribution in [1.82, 2.24) is 0 Å². The quantitative estimate of drug-likeness (QED) is 0.543. The maximum Gasteiger partial charge on any atom is 0.163 e. The van der Waals surface area contributed by atoms with Gasteiger partial charge in [0.15, 0.2) is 5.78 Å². The van der Waals surface area contributed by atoms with Gasteiger partial charge in [0.1, 0.15) is 0 Å². The van der Waals surface area contributed by atoms with Crippen LogP contribution >= 0.6 is 0 Å². The van der Waals surface area contributed by atoms with E-state index in [1.54, 1.807) is 0 Å². The lowest BCUT2D eigenvalue weighted by Crippen LogP contribution is -2.00. The van der Waals surface area contributed by atoms with Crippen LogP contribution in [0.3, 0.4) is 0 Å². The average Bonchev–Trinajstić information content (AvgIpc) is 2.38. The van der Waals surface area contributed by atoms with Gasteiger partial charge in [-0.05, 0) is 32.1 Å². The Labute approximate surface area is 97.2 Å². The minimum atomic E-state index is 0.270. The van der Waals surface area contributed by atoms with Crippen molar-refractivity contribution in [3.63, 3.8) is 0 Å². The van der Waals surface area contributed by atoms with Crippen LogP contribution in [-0.2, 0) is 0 Å². The Morgan fingerprint density at radius 2 is 1.94 bits per heavy atom. The Balaban J connectivity index is 1.86. The van der Waals surface area contributed by atoms with Crippen LogP contribution in [0.5, 0.6) is 0 Å². The third kappa shape index (κ3) is 3.06. The molecule has 16 heavy (non-hydrogen) atoms. The van der Waals surface area contributed by atoms with Gasteiger partial charge in [-0.2, -0.15) is 0 Å². The largest absolute Gasteiger partial charge is 0.294 e. The van der Waals surface area contributed by atoms with Gasteiger partial charge < -0.3 is 0 Å². The van der Waals surface area contributed by atoms with Gasteiger partial charge in [-0.15, -0.1) is 0 Å². The van der Waals surface area contributed by atoms with E-state index in [0.717, 1.165) is 12.0 Å². The van der Waals surface area contributed by atoms with Crippen LogP contribution in [0, 0.1) is 0 Å². The summed E-state index contributed by atoms with van der Waals surface area (Å²) in [6.45, 7) is 0. The van der Waals surface area contributed by atoms with E-state index < -0.39 is 0 Å². The van der Waals surface area contributed by atoms with Crippen molar-refractivity contribution in [3.8, 4) is 0 Å². The van der Waals surface area contributed by atoms with Crippen molar-refractivity contribution in [3.05, 3.63) is 47.5 Å². The Morgan fingerprint density at radius 1 is 1.12 bits per heavy atom. The molecule has 0 unspecified atom stereocenters. The zero-order valence-electron chi connectivity index (χ0n) is 9.61. The third-order valence-corrected chi connectivity index (χ3v) is 3.15. The molecular formula is C15H18O. The van der Waals surface area contributed by atoms with Crippen LogP contribution in [-0.4, -0.2) is 5.78 Å². The number of Topliss-reactive ketones (excluding diaryl/α,β-unsaturated/α-hetero) is 1. The fraction of sp³-hybridized carbons (Fsp3) is 0.400. The summed E-state index contributed by atoms with van der Waals surface area (Å²) < 4.78 is 0. The van der Waals surface area contributed by atoms with Crippen LogP contribution in [0.2, 0.25) is 0 Å². The molecule has 0 aromatic heterocycles. The van der Waals surface area contributed by atoms with Gasteiger partial charge in [-0.1, -0.05) is 42.0 Å². The first-order valence-electron chi connectivity index (χ1n) is 6.12. The summed E-state index contributed by atoms with van der Waals surface area (Å²) in [6.07, 6.45) is 8.95. The Kier molecular flexibility index (Phi) is 3.92. The summed E-state index contributed by atoms with van der Waals surface area (Å²) in [4.78, 5) is 11.9. The first-order valence-corrected chi connectivity index (χ1v) is 6.12. The lowest BCUT2D eigenvalue weighted by atomic mass is 9.94. The second-order valence-electron chi connectivity index (χ2n) is 4.40. The molecule has 0 fully saturated rings. The molecule has 0 aliphatic heterocycles. The number of ketones is 1. The average molecular weight is 214 g/mol. The molecule has 1 heteroatoms. The molecule has 2 rings (SSSR count). The van der Waals surface area contributed by atoms with Gasteiger partial charge in [0, 0.05) is 12.0 Å². The molecule has 0 atom stereocenters. The third-order valence-electron chi connectivity index (χ3n) is 3.15. The van der Waals surface area contributed by atoms with E-state index in [2.05, 4.69) is 6.08 Å². The highest BCUT2D eigenvalue weighted by Crippen LogP contribution is 2.22. The van der Waals surface area contributed by atoms with Gasteiger partial charge in [-0.25, -0.2) is 0 Å². The van der Waals surface area contributed by atoms with Crippen molar-refractivity contribution in [2.45, 2.75) is 38.5 Å². The van der Waals surface area contributed by atoms with Crippen LogP contribution in [0.4, 0.5) is 0 Å². The minimum Gasteiger partial charge on any atom is -0.294 e. The van der Waals surface area contributed by atoms with Crippen molar-refractivity contribution >= 4 is 5.78 Å². The van der Waals surface area contributed by atoms with E-state index in [1.165, 1.54) is 31.3 Å². The van der Waals surface area contributed by atoms with Crippen LogP contribution in [0.15, 0.2) is 42.0 Å². The zero-order chi connectivity index (χ0) is 11.2. The summed E-state index contributed by atoms with van der Waals surface area (Å²) in [5, 5.41) is 0. The smallest absolute Gasteiger partial charge is 0.163 e. The predicted molar refractivity (Wildman–Crippen MR) is 66.6 cm³/mol. The number of hydrogen-bond donors (Lipinski definition) is 0. The molecule has 0 spiro atoms. The zero-order valence-corrected chi connectivity index (χ0v) is 9.61. The van der Waals surface area contributed by atoms with Gasteiger partial charge in [0.2, 0.25) is 0 Å². The number of rotatable bonds is 4. The molecule has 1 aromatic carbocycles. The van der Waals surface area contributed by atoms with E-state index >= 15 is 0 Å². The molecule has 1 aromatic rings. The van der Waals surface area contributed by atoms with E-state index in [9.17, 15) is 4.79 Å². The van der Waals surface area contributed by atoms with Gasteiger partial charge in [0.25, 0.3) is 0 Å². The van der Waals surface area contributed by atoms with Crippen molar-refractivity contribution < 1.29 is 4.79 Å². The van der Waals surface area contributed by atoms with Gasteiger partial charge in [-0.3, -0.25) is 4.79 Å². The summed E-state index contributed by atoms with van der Waals surface area (Å²) in [6, 6.07) is 9.59. The molecule has 0 radical (unpaired) electrons. The Hall–Kier alpha value is -1.37. The minimum absolute atomic E-state index is 0.270. The summed E-state index contributed by atoms with van der Waals surface area (Å²) in [5.74, 6) is 0.270. The van der Waals surface area contributed by atoms with Crippen LogP contribution in [0.25, 0.3) is 0 Å². The topological polar surface area (TPSA) is 17.1 Å². The molecule has 0 heterocycles. The molecule has 0 amide bonds. The second kappa shape index (κ2) is 5.64. The van der Waals surface area contributed by atoms with E-state index in [-0.39, 0.29) is 5.78 Å². The first kappa shape index (κ1) is 11.1. The lowest BCUT2D eigenvalue weighted by Gasteiger charge is -2.11. The highest BCUT2D eigenvalue weighted by Gasteiger charge is 2.08. The maximum atomic E-state index is 11.9. The number of carbonyl (C=O) groups excluding carboxylic acids is 1. The first-order chi connectivity index (χ1) is 7.86. The van der Waals surface area contributed by atoms with Crippen LogP contribution < -0.4 is 0 Å². The summed E-state index contributed by atoms with van der Waals surface area (Å²) in [5.41, 5.74) is 2.33. The molecule has 0 N–H and O–H groups in total. The molecule has 0 saturated heterocycles. The van der Waals surface area contributed by atoms with Crippen molar-refractivity contribution in [2.24, 2.45) is 0 Å². The molecule has 0 bridgehead atoms. The Bertz CT molecular complexity index is 376. The number of carbonyl (C=O) groups is 1. The molecule has 84 valence electrons. The molecule has 1 aliphatic rings. The molecule has 0 saturated carbocycles. The fourth-order valence-electron chi connectivity index (χ4n) is 2.17. The van der Waals surface area contributed by atoms with E-state index in [1.807, 2.05) is 30.3 Å². The normalized spacial score (nSPS) is 15.6. The lowest BCUT2D eigenvalue weighted by molar-refractivity contribution is 0.0982.